The van der Waals surface area contributed by atoms with Gasteiger partial charge < -0.3 is 14.2 Å². The van der Waals surface area contributed by atoms with E-state index in [0.717, 1.165) is 63.7 Å². The molecule has 0 aromatic rings. The van der Waals surface area contributed by atoms with Crippen molar-refractivity contribution in [3.05, 3.63) is 0 Å². The number of ether oxygens (including phenoxy) is 3. The van der Waals surface area contributed by atoms with Crippen LogP contribution >= 0.6 is 0 Å². The van der Waals surface area contributed by atoms with Crippen LogP contribution < -0.4 is 0 Å². The summed E-state index contributed by atoms with van der Waals surface area (Å²) in [4.78, 5) is 37.8. The molecule has 1 atom stereocenters. The second kappa shape index (κ2) is 45.5. The number of carbonyl (C=O) groups is 3. The average molecular weight is 807 g/mol. The molecule has 0 fully saturated rings. The standard InChI is InChI=1S/C51H98O6/c1-5-7-9-11-13-15-16-17-18-19-20-21-22-23-27-31-35-39-43-50(53)56-46-48(45-55-49(52)42-38-34-30-25-14-12-10-8-6-2)57-51(54)44-40-36-32-28-24-26-29-33-37-41-47(3)4/h47-48H,5-46H2,1-4H3/t48-/m1/s1. The Morgan fingerprint density at radius 3 is 0.860 bits per heavy atom. The zero-order valence-corrected chi connectivity index (χ0v) is 38.8. The van der Waals surface area contributed by atoms with Crippen LogP contribution in [0.4, 0.5) is 0 Å². The molecule has 0 rings (SSSR count). The highest BCUT2D eigenvalue weighted by molar-refractivity contribution is 5.71. The first kappa shape index (κ1) is 55.4. The van der Waals surface area contributed by atoms with Crippen molar-refractivity contribution in [1.82, 2.24) is 0 Å². The Hall–Kier alpha value is -1.59. The van der Waals surface area contributed by atoms with E-state index in [1.165, 1.54) is 180 Å². The lowest BCUT2D eigenvalue weighted by atomic mass is 10.0. The molecule has 0 aromatic heterocycles. The fraction of sp³-hybridized carbons (Fsp3) is 0.941. The Morgan fingerprint density at radius 2 is 0.579 bits per heavy atom. The Bertz CT molecular complexity index is 857. The number of esters is 3. The van der Waals surface area contributed by atoms with E-state index in [1.807, 2.05) is 0 Å². The van der Waals surface area contributed by atoms with Crippen molar-refractivity contribution in [3.63, 3.8) is 0 Å². The van der Waals surface area contributed by atoms with Gasteiger partial charge in [-0.2, -0.15) is 0 Å². The first-order valence-electron chi connectivity index (χ1n) is 25.4. The van der Waals surface area contributed by atoms with Crippen LogP contribution in [0.25, 0.3) is 0 Å². The Kier molecular flexibility index (Phi) is 44.2. The first-order chi connectivity index (χ1) is 27.9. The van der Waals surface area contributed by atoms with Crippen LogP contribution in [-0.2, 0) is 28.6 Å². The van der Waals surface area contributed by atoms with Crippen molar-refractivity contribution < 1.29 is 28.6 Å². The third-order valence-corrected chi connectivity index (χ3v) is 11.5. The van der Waals surface area contributed by atoms with Gasteiger partial charge in [-0.3, -0.25) is 14.4 Å². The average Bonchev–Trinajstić information content (AvgIpc) is 3.19. The van der Waals surface area contributed by atoms with Gasteiger partial charge >= 0.3 is 17.9 Å². The summed E-state index contributed by atoms with van der Waals surface area (Å²) in [6, 6.07) is 0. The van der Waals surface area contributed by atoms with E-state index in [-0.39, 0.29) is 31.1 Å². The maximum absolute atomic E-state index is 12.7. The smallest absolute Gasteiger partial charge is 0.306 e. The highest BCUT2D eigenvalue weighted by Crippen LogP contribution is 2.17. The van der Waals surface area contributed by atoms with Crippen LogP contribution in [0.1, 0.15) is 285 Å². The lowest BCUT2D eigenvalue weighted by Gasteiger charge is -2.18. The van der Waals surface area contributed by atoms with Crippen molar-refractivity contribution in [2.24, 2.45) is 5.92 Å². The Morgan fingerprint density at radius 1 is 0.333 bits per heavy atom. The number of hydrogen-bond donors (Lipinski definition) is 0. The number of carbonyl (C=O) groups excluding carboxylic acids is 3. The molecule has 57 heavy (non-hydrogen) atoms. The largest absolute Gasteiger partial charge is 0.462 e. The predicted molar refractivity (Wildman–Crippen MR) is 243 cm³/mol. The van der Waals surface area contributed by atoms with Crippen LogP contribution in [0.2, 0.25) is 0 Å². The fourth-order valence-corrected chi connectivity index (χ4v) is 7.69. The Labute approximate surface area is 355 Å². The second-order valence-electron chi connectivity index (χ2n) is 17.9. The van der Waals surface area contributed by atoms with Crippen LogP contribution in [0, 0.1) is 5.92 Å². The van der Waals surface area contributed by atoms with Crippen LogP contribution in [0.5, 0.6) is 0 Å². The molecule has 0 aliphatic carbocycles. The summed E-state index contributed by atoms with van der Waals surface area (Å²) in [5.41, 5.74) is 0. The van der Waals surface area contributed by atoms with E-state index in [0.29, 0.717) is 19.3 Å². The molecule has 0 heterocycles. The van der Waals surface area contributed by atoms with E-state index in [1.54, 1.807) is 0 Å². The molecule has 0 amide bonds. The van der Waals surface area contributed by atoms with Crippen molar-refractivity contribution in [2.75, 3.05) is 13.2 Å². The number of hydrogen-bond acceptors (Lipinski definition) is 6. The highest BCUT2D eigenvalue weighted by atomic mass is 16.6. The molecule has 0 spiro atoms. The van der Waals surface area contributed by atoms with Gasteiger partial charge in [-0.05, 0) is 25.2 Å². The molecule has 338 valence electrons. The normalized spacial score (nSPS) is 11.9. The van der Waals surface area contributed by atoms with E-state index in [4.69, 9.17) is 14.2 Å². The molecular weight excluding hydrogens is 709 g/mol. The summed E-state index contributed by atoms with van der Waals surface area (Å²) >= 11 is 0. The maximum atomic E-state index is 12.7. The van der Waals surface area contributed by atoms with Crippen molar-refractivity contribution in [2.45, 2.75) is 291 Å². The van der Waals surface area contributed by atoms with Gasteiger partial charge in [0.05, 0.1) is 0 Å². The van der Waals surface area contributed by atoms with E-state index >= 15 is 0 Å². The van der Waals surface area contributed by atoms with Crippen LogP contribution in [0.15, 0.2) is 0 Å². The second-order valence-corrected chi connectivity index (χ2v) is 17.9. The van der Waals surface area contributed by atoms with Crippen LogP contribution in [0.3, 0.4) is 0 Å². The predicted octanol–water partition coefficient (Wildman–Crippen LogP) is 16.3. The zero-order chi connectivity index (χ0) is 41.7. The van der Waals surface area contributed by atoms with Gasteiger partial charge in [0.15, 0.2) is 6.10 Å². The molecule has 0 saturated heterocycles. The summed E-state index contributed by atoms with van der Waals surface area (Å²) in [5, 5.41) is 0. The van der Waals surface area contributed by atoms with E-state index in [9.17, 15) is 14.4 Å². The molecule has 0 aliphatic rings. The maximum Gasteiger partial charge on any atom is 0.306 e. The molecule has 6 heteroatoms. The molecule has 0 bridgehead atoms. The van der Waals surface area contributed by atoms with E-state index in [2.05, 4.69) is 27.7 Å². The molecule has 0 N–H and O–H groups in total. The fourth-order valence-electron chi connectivity index (χ4n) is 7.69. The number of rotatable bonds is 46. The van der Waals surface area contributed by atoms with Gasteiger partial charge in [0.2, 0.25) is 0 Å². The minimum Gasteiger partial charge on any atom is -0.462 e. The summed E-state index contributed by atoms with van der Waals surface area (Å²) in [6.45, 7) is 8.98. The topological polar surface area (TPSA) is 78.9 Å². The van der Waals surface area contributed by atoms with Crippen molar-refractivity contribution in [3.8, 4) is 0 Å². The third-order valence-electron chi connectivity index (χ3n) is 11.5. The minimum absolute atomic E-state index is 0.0634. The molecule has 0 aliphatic heterocycles. The third kappa shape index (κ3) is 45.3. The van der Waals surface area contributed by atoms with E-state index < -0.39 is 6.10 Å². The van der Waals surface area contributed by atoms with Gasteiger partial charge in [0, 0.05) is 19.3 Å². The molecular formula is C51H98O6. The lowest BCUT2D eigenvalue weighted by Crippen LogP contribution is -2.30. The molecule has 0 aromatic carbocycles. The first-order valence-corrected chi connectivity index (χ1v) is 25.4. The van der Waals surface area contributed by atoms with Crippen LogP contribution in [-0.4, -0.2) is 37.2 Å². The SMILES string of the molecule is CCCCCCCCCCCCCCCCCCCCC(=O)OC[C@@H](COC(=O)CCCCCCCCCCC)OC(=O)CCCCCCCCCCCC(C)C. The molecule has 0 saturated carbocycles. The van der Waals surface area contributed by atoms with Crippen molar-refractivity contribution >= 4 is 17.9 Å². The van der Waals surface area contributed by atoms with Gasteiger partial charge in [-0.25, -0.2) is 0 Å². The zero-order valence-electron chi connectivity index (χ0n) is 38.8. The number of unbranched alkanes of at least 4 members (excludes halogenated alkanes) is 33. The Balaban J connectivity index is 4.23. The van der Waals surface area contributed by atoms with Gasteiger partial charge in [-0.1, -0.05) is 246 Å². The summed E-state index contributed by atoms with van der Waals surface area (Å²) in [7, 11) is 0. The lowest BCUT2D eigenvalue weighted by molar-refractivity contribution is -0.167. The highest BCUT2D eigenvalue weighted by Gasteiger charge is 2.19. The van der Waals surface area contributed by atoms with Gasteiger partial charge in [0.25, 0.3) is 0 Å². The molecule has 0 unspecified atom stereocenters. The summed E-state index contributed by atoms with van der Waals surface area (Å²) < 4.78 is 16.8. The molecule has 0 radical (unpaired) electrons. The minimum atomic E-state index is -0.760. The van der Waals surface area contributed by atoms with Gasteiger partial charge in [0.1, 0.15) is 13.2 Å². The summed E-state index contributed by atoms with van der Waals surface area (Å²) in [6.07, 6.45) is 46.7. The molecule has 6 nitrogen and oxygen atoms in total. The quantitative estimate of drug-likeness (QED) is 0.0346. The monoisotopic (exact) mass is 807 g/mol. The van der Waals surface area contributed by atoms with Gasteiger partial charge in [-0.15, -0.1) is 0 Å². The summed E-state index contributed by atoms with van der Waals surface area (Å²) in [5.74, 6) is -0.0446. The van der Waals surface area contributed by atoms with Crippen molar-refractivity contribution in [1.29, 1.82) is 0 Å².